The van der Waals surface area contributed by atoms with Crippen molar-refractivity contribution in [2.45, 2.75) is 19.4 Å². The molecule has 5 nitrogen and oxygen atoms in total. The van der Waals surface area contributed by atoms with Crippen molar-refractivity contribution in [1.29, 1.82) is 0 Å². The second kappa shape index (κ2) is 7.56. The molecule has 118 valence electrons. The molecule has 0 atom stereocenters. The van der Waals surface area contributed by atoms with Crippen molar-refractivity contribution >= 4 is 21.8 Å². The molecule has 0 amide bonds. The summed E-state index contributed by atoms with van der Waals surface area (Å²) < 4.78 is 28.7. The number of benzene rings is 1. The van der Waals surface area contributed by atoms with Crippen molar-refractivity contribution in [1.82, 2.24) is 14.3 Å². The van der Waals surface area contributed by atoms with E-state index in [1.807, 2.05) is 19.2 Å². The largest absolute Gasteiger partial charge is 0.319 e. The van der Waals surface area contributed by atoms with Crippen molar-refractivity contribution in [2.24, 2.45) is 5.92 Å². The standard InChI is InChI=1S/C14H22ClN3O2S/c1-16-10-13-6-8-18(9-7-13)21(19,20)17-11-12-2-4-14(15)5-3-12/h2-5,13,16-17H,6-11H2,1H3. The molecule has 1 aliphatic rings. The highest BCUT2D eigenvalue weighted by molar-refractivity contribution is 7.87. The molecule has 0 saturated carbocycles. The molecule has 1 fully saturated rings. The molecule has 0 aromatic heterocycles. The molecular weight excluding hydrogens is 310 g/mol. The Morgan fingerprint density at radius 3 is 2.43 bits per heavy atom. The zero-order valence-electron chi connectivity index (χ0n) is 12.2. The smallest absolute Gasteiger partial charge is 0.279 e. The van der Waals surface area contributed by atoms with Crippen LogP contribution < -0.4 is 10.0 Å². The monoisotopic (exact) mass is 331 g/mol. The number of rotatable bonds is 6. The van der Waals surface area contributed by atoms with Crippen molar-refractivity contribution in [3.63, 3.8) is 0 Å². The predicted octanol–water partition coefficient (Wildman–Crippen LogP) is 1.61. The van der Waals surface area contributed by atoms with Crippen LogP contribution in [-0.2, 0) is 16.8 Å². The number of halogens is 1. The Balaban J connectivity index is 1.86. The van der Waals surface area contributed by atoms with E-state index in [-0.39, 0.29) is 6.54 Å². The maximum atomic E-state index is 12.3. The van der Waals surface area contributed by atoms with Gasteiger partial charge in [0.25, 0.3) is 10.2 Å². The molecule has 0 radical (unpaired) electrons. The van der Waals surface area contributed by atoms with Crippen molar-refractivity contribution in [2.75, 3.05) is 26.7 Å². The van der Waals surface area contributed by atoms with Crippen LogP contribution in [0, 0.1) is 5.92 Å². The van der Waals surface area contributed by atoms with E-state index in [4.69, 9.17) is 11.6 Å². The van der Waals surface area contributed by atoms with Crippen LogP contribution >= 0.6 is 11.6 Å². The third-order valence-corrected chi connectivity index (χ3v) is 5.58. The van der Waals surface area contributed by atoms with E-state index >= 15 is 0 Å². The minimum Gasteiger partial charge on any atom is -0.319 e. The minimum absolute atomic E-state index is 0.288. The molecule has 0 unspecified atom stereocenters. The summed E-state index contributed by atoms with van der Waals surface area (Å²) >= 11 is 5.81. The average molecular weight is 332 g/mol. The van der Waals surface area contributed by atoms with Gasteiger partial charge in [-0.15, -0.1) is 0 Å². The van der Waals surface area contributed by atoms with E-state index in [1.54, 1.807) is 12.1 Å². The van der Waals surface area contributed by atoms with Gasteiger partial charge in [0, 0.05) is 24.7 Å². The van der Waals surface area contributed by atoms with Gasteiger partial charge in [0.05, 0.1) is 0 Å². The molecule has 1 aromatic rings. The Hall–Kier alpha value is -0.660. The highest BCUT2D eigenvalue weighted by Crippen LogP contribution is 2.18. The maximum Gasteiger partial charge on any atom is 0.279 e. The maximum absolute atomic E-state index is 12.3. The SMILES string of the molecule is CNCC1CCN(S(=O)(=O)NCc2ccc(Cl)cc2)CC1. The summed E-state index contributed by atoms with van der Waals surface area (Å²) in [5.74, 6) is 0.567. The van der Waals surface area contributed by atoms with E-state index < -0.39 is 10.2 Å². The molecule has 1 aliphatic heterocycles. The molecule has 0 bridgehead atoms. The van der Waals surface area contributed by atoms with Gasteiger partial charge in [0.2, 0.25) is 0 Å². The zero-order valence-corrected chi connectivity index (χ0v) is 13.8. The van der Waals surface area contributed by atoms with Gasteiger partial charge >= 0.3 is 0 Å². The molecular formula is C14H22ClN3O2S. The summed E-state index contributed by atoms with van der Waals surface area (Å²) in [4.78, 5) is 0. The topological polar surface area (TPSA) is 61.4 Å². The lowest BCUT2D eigenvalue weighted by Crippen LogP contribution is -2.45. The van der Waals surface area contributed by atoms with Gasteiger partial charge in [-0.05, 0) is 50.0 Å². The molecule has 0 spiro atoms. The van der Waals surface area contributed by atoms with Crippen molar-refractivity contribution in [3.05, 3.63) is 34.9 Å². The Labute approximate surface area is 131 Å². The van der Waals surface area contributed by atoms with Gasteiger partial charge < -0.3 is 5.32 Å². The number of nitrogens with one attached hydrogen (secondary N) is 2. The number of hydrogen-bond donors (Lipinski definition) is 2. The predicted molar refractivity (Wildman–Crippen MR) is 85.4 cm³/mol. The highest BCUT2D eigenvalue weighted by Gasteiger charge is 2.27. The number of piperidine rings is 1. The Kier molecular flexibility index (Phi) is 6.01. The molecule has 0 aliphatic carbocycles. The molecule has 1 heterocycles. The molecule has 21 heavy (non-hydrogen) atoms. The van der Waals surface area contributed by atoms with Gasteiger partial charge in [-0.25, -0.2) is 0 Å². The van der Waals surface area contributed by atoms with E-state index in [0.29, 0.717) is 24.0 Å². The van der Waals surface area contributed by atoms with Crippen LogP contribution in [0.1, 0.15) is 18.4 Å². The van der Waals surface area contributed by atoms with Gasteiger partial charge in [0.1, 0.15) is 0 Å². The molecule has 1 aromatic carbocycles. The van der Waals surface area contributed by atoms with Gasteiger partial charge in [-0.1, -0.05) is 23.7 Å². The summed E-state index contributed by atoms with van der Waals surface area (Å²) in [5, 5.41) is 3.79. The van der Waals surface area contributed by atoms with Crippen LogP contribution in [0.5, 0.6) is 0 Å². The third kappa shape index (κ3) is 4.93. The summed E-state index contributed by atoms with van der Waals surface area (Å²) in [7, 11) is -1.47. The quantitative estimate of drug-likeness (QED) is 0.832. The zero-order chi connectivity index (χ0) is 15.3. The van der Waals surface area contributed by atoms with Crippen molar-refractivity contribution in [3.8, 4) is 0 Å². The first-order valence-corrected chi connectivity index (χ1v) is 8.97. The van der Waals surface area contributed by atoms with Crippen LogP contribution in [-0.4, -0.2) is 39.4 Å². The average Bonchev–Trinajstić information content (AvgIpc) is 2.48. The second-order valence-corrected chi connectivity index (χ2v) is 7.54. The number of nitrogens with zero attached hydrogens (tertiary/aromatic N) is 1. The summed E-state index contributed by atoms with van der Waals surface area (Å²) in [6.07, 6.45) is 1.81. The first-order valence-electron chi connectivity index (χ1n) is 7.15. The Bertz CT molecular complexity index is 540. The fourth-order valence-corrected chi connectivity index (χ4v) is 3.86. The number of hydrogen-bond acceptors (Lipinski definition) is 3. The lowest BCUT2D eigenvalue weighted by molar-refractivity contribution is 0.268. The van der Waals surface area contributed by atoms with Crippen LogP contribution in [0.15, 0.2) is 24.3 Å². The lowest BCUT2D eigenvalue weighted by Gasteiger charge is -2.31. The molecule has 7 heteroatoms. The molecule has 2 N–H and O–H groups in total. The van der Waals surface area contributed by atoms with Crippen LogP contribution in [0.2, 0.25) is 5.02 Å². The second-order valence-electron chi connectivity index (χ2n) is 5.35. The van der Waals surface area contributed by atoms with Crippen LogP contribution in [0.4, 0.5) is 0 Å². The van der Waals surface area contributed by atoms with E-state index in [0.717, 1.165) is 24.9 Å². The minimum atomic E-state index is -3.40. The van der Waals surface area contributed by atoms with Crippen molar-refractivity contribution < 1.29 is 8.42 Å². The highest BCUT2D eigenvalue weighted by atomic mass is 35.5. The van der Waals surface area contributed by atoms with E-state index in [2.05, 4.69) is 10.0 Å². The first kappa shape index (κ1) is 16.7. The van der Waals surface area contributed by atoms with Gasteiger partial charge in [-0.3, -0.25) is 0 Å². The summed E-state index contributed by atoms with van der Waals surface area (Å²) in [5.41, 5.74) is 0.896. The van der Waals surface area contributed by atoms with Gasteiger partial charge in [-0.2, -0.15) is 17.4 Å². The van der Waals surface area contributed by atoms with E-state index in [9.17, 15) is 8.42 Å². The normalized spacial score (nSPS) is 18.0. The summed E-state index contributed by atoms with van der Waals surface area (Å²) in [6, 6.07) is 7.16. The third-order valence-electron chi connectivity index (χ3n) is 3.78. The Morgan fingerprint density at radius 2 is 1.86 bits per heavy atom. The van der Waals surface area contributed by atoms with E-state index in [1.165, 1.54) is 4.31 Å². The summed E-state index contributed by atoms with van der Waals surface area (Å²) in [6.45, 7) is 2.41. The fraction of sp³-hybridized carbons (Fsp3) is 0.571. The first-order chi connectivity index (χ1) is 10.0. The Morgan fingerprint density at radius 1 is 1.24 bits per heavy atom. The lowest BCUT2D eigenvalue weighted by atomic mass is 9.98. The molecule has 1 saturated heterocycles. The van der Waals surface area contributed by atoms with Gasteiger partial charge in [0.15, 0.2) is 0 Å². The fourth-order valence-electron chi connectivity index (χ4n) is 2.51. The van der Waals surface area contributed by atoms with Crippen LogP contribution in [0.25, 0.3) is 0 Å². The molecule has 2 rings (SSSR count). The van der Waals surface area contributed by atoms with Crippen LogP contribution in [0.3, 0.4) is 0 Å².